The van der Waals surface area contributed by atoms with Gasteiger partial charge in [-0.2, -0.15) is 4.57 Å². The predicted octanol–water partition coefficient (Wildman–Crippen LogP) is 8.78. The molecule has 0 N–H and O–H groups in total. The van der Waals surface area contributed by atoms with E-state index in [1.807, 2.05) is 95.4 Å². The average molecular weight is 493 g/mol. The minimum atomic E-state index is -0.366. The third-order valence-electron chi connectivity index (χ3n) is 7.29. The molecule has 2 nitrogen and oxygen atoms in total. The van der Waals surface area contributed by atoms with Gasteiger partial charge in [0.25, 0.3) is 0 Å². The Morgan fingerprint density at radius 1 is 0.730 bits per heavy atom. The highest BCUT2D eigenvalue weighted by atomic mass is 19.1. The van der Waals surface area contributed by atoms with E-state index >= 15 is 4.39 Å². The topological polar surface area (TPSA) is 17.0 Å². The lowest BCUT2D eigenvalue weighted by Gasteiger charge is -2.19. The Kier molecular flexibility index (Phi) is 5.20. The molecule has 0 amide bonds. The zero-order valence-electron chi connectivity index (χ0n) is 21.6. The molecule has 184 valence electrons. The maximum Gasteiger partial charge on any atom is 0.216 e. The maximum absolute atomic E-state index is 15.4. The molecule has 0 saturated carbocycles. The van der Waals surface area contributed by atoms with Crippen molar-refractivity contribution >= 4 is 32.7 Å². The monoisotopic (exact) mass is 492 g/mol. The smallest absolute Gasteiger partial charge is 0.216 e. The number of aromatic nitrogens is 1. The Hall–Kier alpha value is -4.05. The zero-order valence-corrected chi connectivity index (χ0v) is 21.6. The lowest BCUT2D eigenvalue weighted by Crippen LogP contribution is -2.33. The minimum absolute atomic E-state index is 0.242. The number of nitrogens with zero attached hydrogens (tertiary/aromatic N) is 1. The molecule has 4 aromatic carbocycles. The molecule has 0 radical (unpaired) electrons. The van der Waals surface area contributed by atoms with E-state index in [4.69, 9.17) is 4.42 Å². The molecule has 0 saturated heterocycles. The van der Waals surface area contributed by atoms with Crippen LogP contribution in [0.5, 0.6) is 0 Å². The summed E-state index contributed by atoms with van der Waals surface area (Å²) in [6.45, 7) is 8.03. The van der Waals surface area contributed by atoms with Gasteiger partial charge in [-0.05, 0) is 52.4 Å². The van der Waals surface area contributed by atoms with Crippen molar-refractivity contribution < 1.29 is 17.8 Å². The van der Waals surface area contributed by atoms with E-state index in [-0.39, 0.29) is 17.0 Å². The first-order chi connectivity index (χ1) is 17.6. The summed E-state index contributed by atoms with van der Waals surface area (Å²) in [6.07, 6.45) is 1.52. The maximum atomic E-state index is 15.4. The van der Waals surface area contributed by atoms with Gasteiger partial charge >= 0.3 is 0 Å². The van der Waals surface area contributed by atoms with Gasteiger partial charge in [0.05, 0.1) is 11.1 Å². The molecule has 0 unspecified atom stereocenters. The molecule has 6 aromatic rings. The summed E-state index contributed by atoms with van der Waals surface area (Å²) in [5, 5.41) is 3.89. The molecule has 0 spiro atoms. The van der Waals surface area contributed by atoms with Gasteiger partial charge in [0, 0.05) is 22.4 Å². The molecular formula is C33H28F2NO+. The molecule has 0 aliphatic carbocycles. The predicted molar refractivity (Wildman–Crippen MR) is 147 cm³/mol. The van der Waals surface area contributed by atoms with Gasteiger partial charge in [-0.25, -0.2) is 8.78 Å². The number of hydrogen-bond acceptors (Lipinski definition) is 1. The van der Waals surface area contributed by atoms with E-state index in [9.17, 15) is 4.39 Å². The second kappa shape index (κ2) is 8.24. The van der Waals surface area contributed by atoms with E-state index in [1.54, 1.807) is 10.6 Å². The van der Waals surface area contributed by atoms with Crippen LogP contribution in [0.3, 0.4) is 0 Å². The van der Waals surface area contributed by atoms with Crippen LogP contribution in [-0.2, 0) is 12.5 Å². The summed E-state index contributed by atoms with van der Waals surface area (Å²) in [7, 11) is 1.84. The fourth-order valence-electron chi connectivity index (χ4n) is 5.35. The van der Waals surface area contributed by atoms with Crippen LogP contribution >= 0.6 is 0 Å². The number of rotatable bonds is 2. The molecule has 6 rings (SSSR count). The quantitative estimate of drug-likeness (QED) is 0.221. The Morgan fingerprint density at radius 3 is 2.14 bits per heavy atom. The van der Waals surface area contributed by atoms with E-state index in [0.717, 1.165) is 43.9 Å². The third-order valence-corrected chi connectivity index (χ3v) is 7.29. The van der Waals surface area contributed by atoms with E-state index in [0.29, 0.717) is 22.3 Å². The van der Waals surface area contributed by atoms with Crippen LogP contribution in [0, 0.1) is 18.6 Å². The standard InChI is InChI=1S/C33H28F2NO/c1-19-10-13-23-24-14-15-26(34)30(22-12-11-20-8-6-7-9-21(20)16-22)32(24)37-31(23)29(19)28-17-25(33(2,3)4)27(35)18-36(28)5/h6-18H,1-5H3/q+1. The van der Waals surface area contributed by atoms with Gasteiger partial charge in [-0.15, -0.1) is 0 Å². The van der Waals surface area contributed by atoms with Crippen molar-refractivity contribution in [3.8, 4) is 22.4 Å². The van der Waals surface area contributed by atoms with E-state index in [2.05, 4.69) is 0 Å². The highest BCUT2D eigenvalue weighted by Gasteiger charge is 2.28. The summed E-state index contributed by atoms with van der Waals surface area (Å²) in [4.78, 5) is 0. The largest absolute Gasteiger partial charge is 0.454 e. The van der Waals surface area contributed by atoms with Gasteiger partial charge < -0.3 is 4.42 Å². The molecule has 37 heavy (non-hydrogen) atoms. The lowest BCUT2D eigenvalue weighted by molar-refractivity contribution is -0.662. The Labute approximate surface area is 214 Å². The molecule has 0 bridgehead atoms. The van der Waals surface area contributed by atoms with Gasteiger partial charge in [0.15, 0.2) is 5.82 Å². The SMILES string of the molecule is Cc1ccc2c(oc3c(-c4ccc5ccccc5c4)c(F)ccc32)c1-c1cc(C(C)(C)C)c(F)c[n+]1C. The molecular weight excluding hydrogens is 464 g/mol. The first-order valence-electron chi connectivity index (χ1n) is 12.5. The molecule has 0 fully saturated rings. The van der Waals surface area contributed by atoms with E-state index in [1.165, 1.54) is 12.3 Å². The number of hydrogen-bond donors (Lipinski definition) is 0. The molecule has 4 heteroatoms. The Balaban J connectivity index is 1.67. The van der Waals surface area contributed by atoms with Crippen molar-refractivity contribution in [2.24, 2.45) is 7.05 Å². The van der Waals surface area contributed by atoms with Gasteiger partial charge in [0.2, 0.25) is 11.9 Å². The highest BCUT2D eigenvalue weighted by Crippen LogP contribution is 2.42. The van der Waals surface area contributed by atoms with Crippen LogP contribution < -0.4 is 4.57 Å². The van der Waals surface area contributed by atoms with Crippen molar-refractivity contribution in [3.63, 3.8) is 0 Å². The van der Waals surface area contributed by atoms with Crippen molar-refractivity contribution in [2.75, 3.05) is 0 Å². The zero-order chi connectivity index (χ0) is 26.1. The molecule has 2 heterocycles. The molecule has 0 aliphatic rings. The first-order valence-corrected chi connectivity index (χ1v) is 12.5. The number of fused-ring (bicyclic) bond motifs is 4. The Morgan fingerprint density at radius 2 is 1.41 bits per heavy atom. The van der Waals surface area contributed by atoms with E-state index < -0.39 is 0 Å². The minimum Gasteiger partial charge on any atom is -0.454 e. The van der Waals surface area contributed by atoms with Crippen molar-refractivity contribution in [3.05, 3.63) is 102 Å². The molecule has 0 aliphatic heterocycles. The number of halogens is 2. The number of aryl methyl sites for hydroxylation is 2. The number of pyridine rings is 1. The van der Waals surface area contributed by atoms with Gasteiger partial charge in [-0.3, -0.25) is 0 Å². The fourth-order valence-corrected chi connectivity index (χ4v) is 5.35. The average Bonchev–Trinajstić information content (AvgIpc) is 3.22. The molecule has 2 aromatic heterocycles. The van der Waals surface area contributed by atoms with Crippen LogP contribution in [0.2, 0.25) is 0 Å². The first kappa shape index (κ1) is 23.4. The van der Waals surface area contributed by atoms with Crippen molar-refractivity contribution in [1.82, 2.24) is 0 Å². The summed E-state index contributed by atoms with van der Waals surface area (Å²) in [5.74, 6) is -0.573. The highest BCUT2D eigenvalue weighted by molar-refractivity contribution is 6.13. The van der Waals surface area contributed by atoms with Crippen LogP contribution in [0.1, 0.15) is 31.9 Å². The lowest BCUT2D eigenvalue weighted by atomic mass is 9.86. The summed E-state index contributed by atoms with van der Waals surface area (Å²) < 4.78 is 38.7. The summed E-state index contributed by atoms with van der Waals surface area (Å²) in [5.41, 5.74) is 5.39. The van der Waals surface area contributed by atoms with Crippen molar-refractivity contribution in [1.29, 1.82) is 0 Å². The van der Waals surface area contributed by atoms with Crippen LogP contribution in [-0.4, -0.2) is 0 Å². The van der Waals surface area contributed by atoms with Gasteiger partial charge in [0.1, 0.15) is 24.0 Å². The fraction of sp³-hybridized carbons (Fsp3) is 0.182. The van der Waals surface area contributed by atoms with Crippen LogP contribution in [0.15, 0.2) is 83.4 Å². The number of benzene rings is 4. The van der Waals surface area contributed by atoms with Crippen LogP contribution in [0.4, 0.5) is 8.78 Å². The van der Waals surface area contributed by atoms with Crippen LogP contribution in [0.25, 0.3) is 55.1 Å². The normalized spacial score (nSPS) is 12.2. The van der Waals surface area contributed by atoms with Gasteiger partial charge in [-0.1, -0.05) is 69.3 Å². The number of furan rings is 1. The second-order valence-corrected chi connectivity index (χ2v) is 10.9. The van der Waals surface area contributed by atoms with Crippen molar-refractivity contribution in [2.45, 2.75) is 33.1 Å². The Bertz CT molecular complexity index is 1860. The second-order valence-electron chi connectivity index (χ2n) is 10.9. The summed E-state index contributed by atoms with van der Waals surface area (Å²) in [6, 6.07) is 23.3. The summed E-state index contributed by atoms with van der Waals surface area (Å²) >= 11 is 0. The molecule has 0 atom stereocenters. The third kappa shape index (κ3) is 3.71.